The zero-order valence-electron chi connectivity index (χ0n) is 8.90. The monoisotopic (exact) mass is 208 g/mol. The molecule has 0 saturated heterocycles. The van der Waals surface area contributed by atoms with Gasteiger partial charge in [0.25, 0.3) is 0 Å². The molecule has 4 nitrogen and oxygen atoms in total. The number of esters is 1. The fourth-order valence-corrected chi connectivity index (χ4v) is 1.71. The molecule has 2 unspecified atom stereocenters. The van der Waals surface area contributed by atoms with Gasteiger partial charge in [-0.1, -0.05) is 11.6 Å². The molecule has 82 valence electrons. The lowest BCUT2D eigenvalue weighted by atomic mass is 10.0. The van der Waals surface area contributed by atoms with E-state index in [0.717, 1.165) is 24.8 Å². The van der Waals surface area contributed by atoms with E-state index >= 15 is 0 Å². The molecule has 1 fully saturated rings. The third-order valence-corrected chi connectivity index (χ3v) is 2.52. The zero-order valence-corrected chi connectivity index (χ0v) is 8.90. The SMILES string of the molecule is CCOC(=O)C(C#N)C=C1CCCC1N. The average Bonchev–Trinajstić information content (AvgIpc) is 2.61. The largest absolute Gasteiger partial charge is 0.465 e. The molecule has 1 rings (SSSR count). The molecule has 0 aliphatic heterocycles. The van der Waals surface area contributed by atoms with Crippen LogP contribution in [-0.2, 0) is 9.53 Å². The molecule has 0 amide bonds. The van der Waals surface area contributed by atoms with Crippen molar-refractivity contribution >= 4 is 5.97 Å². The van der Waals surface area contributed by atoms with Crippen molar-refractivity contribution in [3.8, 4) is 6.07 Å². The Labute approximate surface area is 89.7 Å². The molecule has 4 heteroatoms. The molecule has 0 spiro atoms. The first-order valence-electron chi connectivity index (χ1n) is 5.21. The minimum absolute atomic E-state index is 0.00952. The zero-order chi connectivity index (χ0) is 11.3. The Morgan fingerprint density at radius 1 is 1.87 bits per heavy atom. The van der Waals surface area contributed by atoms with Crippen LogP contribution in [0.2, 0.25) is 0 Å². The van der Waals surface area contributed by atoms with E-state index in [4.69, 9.17) is 15.7 Å². The van der Waals surface area contributed by atoms with Crippen molar-refractivity contribution in [3.05, 3.63) is 11.6 Å². The van der Waals surface area contributed by atoms with Gasteiger partial charge < -0.3 is 10.5 Å². The van der Waals surface area contributed by atoms with Gasteiger partial charge in [-0.15, -0.1) is 0 Å². The minimum Gasteiger partial charge on any atom is -0.465 e. The van der Waals surface area contributed by atoms with Crippen molar-refractivity contribution in [2.45, 2.75) is 32.2 Å². The summed E-state index contributed by atoms with van der Waals surface area (Å²) in [5.41, 5.74) is 6.84. The Bertz CT molecular complexity index is 304. The van der Waals surface area contributed by atoms with Gasteiger partial charge in [-0.2, -0.15) is 5.26 Å². The summed E-state index contributed by atoms with van der Waals surface area (Å²) in [6.45, 7) is 2.02. The Morgan fingerprint density at radius 2 is 2.60 bits per heavy atom. The van der Waals surface area contributed by atoms with Crippen molar-refractivity contribution in [2.24, 2.45) is 11.7 Å². The average molecular weight is 208 g/mol. The molecule has 0 aromatic carbocycles. The van der Waals surface area contributed by atoms with E-state index in [0.29, 0.717) is 6.61 Å². The first kappa shape index (κ1) is 11.7. The van der Waals surface area contributed by atoms with Crippen molar-refractivity contribution < 1.29 is 9.53 Å². The minimum atomic E-state index is -0.802. The van der Waals surface area contributed by atoms with Gasteiger partial charge in [-0.3, -0.25) is 4.79 Å². The smallest absolute Gasteiger partial charge is 0.327 e. The maximum atomic E-state index is 11.3. The first-order chi connectivity index (χ1) is 7.19. The quantitative estimate of drug-likeness (QED) is 0.557. The van der Waals surface area contributed by atoms with Crippen LogP contribution in [0.5, 0.6) is 0 Å². The number of carbonyl (C=O) groups is 1. The predicted molar refractivity (Wildman–Crippen MR) is 55.6 cm³/mol. The number of ether oxygens (including phenoxy) is 1. The highest BCUT2D eigenvalue weighted by Crippen LogP contribution is 2.24. The summed E-state index contributed by atoms with van der Waals surface area (Å²) in [6, 6.07) is 1.94. The maximum Gasteiger partial charge on any atom is 0.327 e. The van der Waals surface area contributed by atoms with Crippen LogP contribution in [0.15, 0.2) is 11.6 Å². The molecule has 15 heavy (non-hydrogen) atoms. The highest BCUT2D eigenvalue weighted by atomic mass is 16.5. The molecule has 0 aromatic heterocycles. The van der Waals surface area contributed by atoms with E-state index in [1.807, 2.05) is 6.07 Å². The van der Waals surface area contributed by atoms with Gasteiger partial charge >= 0.3 is 5.97 Å². The molecule has 0 heterocycles. The van der Waals surface area contributed by atoms with Crippen molar-refractivity contribution in [1.82, 2.24) is 0 Å². The molecule has 1 saturated carbocycles. The number of nitriles is 1. The Balaban J connectivity index is 2.68. The summed E-state index contributed by atoms with van der Waals surface area (Å²) in [4.78, 5) is 11.3. The second-order valence-corrected chi connectivity index (χ2v) is 3.60. The van der Waals surface area contributed by atoms with Crippen molar-refractivity contribution in [1.29, 1.82) is 5.26 Å². The third kappa shape index (κ3) is 3.07. The molecule has 0 bridgehead atoms. The van der Waals surface area contributed by atoms with Crippen LogP contribution >= 0.6 is 0 Å². The molecule has 0 radical (unpaired) electrons. The van der Waals surface area contributed by atoms with Crippen LogP contribution < -0.4 is 5.73 Å². The van der Waals surface area contributed by atoms with E-state index in [1.54, 1.807) is 13.0 Å². The Kier molecular flexibility index (Phi) is 4.32. The number of hydrogen-bond acceptors (Lipinski definition) is 4. The number of rotatable bonds is 3. The summed E-state index contributed by atoms with van der Waals surface area (Å²) in [7, 11) is 0. The molecular weight excluding hydrogens is 192 g/mol. The summed E-state index contributed by atoms with van der Waals surface area (Å²) in [5.74, 6) is -1.28. The Morgan fingerprint density at radius 3 is 3.07 bits per heavy atom. The lowest BCUT2D eigenvalue weighted by Crippen LogP contribution is -2.20. The van der Waals surface area contributed by atoms with Crippen LogP contribution in [0.4, 0.5) is 0 Å². The lowest BCUT2D eigenvalue weighted by Gasteiger charge is -2.08. The van der Waals surface area contributed by atoms with Crippen LogP contribution in [0.1, 0.15) is 26.2 Å². The summed E-state index contributed by atoms with van der Waals surface area (Å²) in [6.07, 6.45) is 4.52. The summed E-state index contributed by atoms with van der Waals surface area (Å²) in [5, 5.41) is 8.83. The molecule has 2 atom stereocenters. The van der Waals surface area contributed by atoms with Crippen LogP contribution in [0.3, 0.4) is 0 Å². The van der Waals surface area contributed by atoms with E-state index in [-0.39, 0.29) is 6.04 Å². The van der Waals surface area contributed by atoms with Gasteiger partial charge in [-0.25, -0.2) is 0 Å². The molecular formula is C11H16N2O2. The third-order valence-electron chi connectivity index (χ3n) is 2.52. The predicted octanol–water partition coefficient (Wildman–Crippen LogP) is 1.13. The standard InChI is InChI=1S/C11H16N2O2/c1-2-15-11(14)9(7-12)6-8-4-3-5-10(8)13/h6,9-10H,2-5,13H2,1H3. The Hall–Kier alpha value is -1.34. The number of hydrogen-bond donors (Lipinski definition) is 1. The van der Waals surface area contributed by atoms with Gasteiger partial charge in [0, 0.05) is 6.04 Å². The highest BCUT2D eigenvalue weighted by molar-refractivity contribution is 5.77. The summed E-state index contributed by atoms with van der Waals surface area (Å²) < 4.78 is 4.79. The lowest BCUT2D eigenvalue weighted by molar-refractivity contribution is -0.144. The fraction of sp³-hybridized carbons (Fsp3) is 0.636. The molecule has 1 aliphatic carbocycles. The highest BCUT2D eigenvalue weighted by Gasteiger charge is 2.22. The summed E-state index contributed by atoms with van der Waals surface area (Å²) >= 11 is 0. The number of nitrogens with two attached hydrogens (primary N) is 1. The van der Waals surface area contributed by atoms with Gasteiger partial charge in [-0.05, 0) is 26.2 Å². The number of carbonyl (C=O) groups excluding carboxylic acids is 1. The fourth-order valence-electron chi connectivity index (χ4n) is 1.71. The van der Waals surface area contributed by atoms with Crippen LogP contribution in [0, 0.1) is 17.2 Å². The normalized spacial score (nSPS) is 24.9. The second-order valence-electron chi connectivity index (χ2n) is 3.60. The van der Waals surface area contributed by atoms with E-state index in [9.17, 15) is 4.79 Å². The van der Waals surface area contributed by atoms with Crippen molar-refractivity contribution in [2.75, 3.05) is 6.61 Å². The van der Waals surface area contributed by atoms with E-state index in [1.165, 1.54) is 0 Å². The first-order valence-corrected chi connectivity index (χ1v) is 5.21. The molecule has 2 N–H and O–H groups in total. The maximum absolute atomic E-state index is 11.3. The topological polar surface area (TPSA) is 76.1 Å². The van der Waals surface area contributed by atoms with Gasteiger partial charge in [0.15, 0.2) is 5.92 Å². The molecule has 1 aliphatic rings. The van der Waals surface area contributed by atoms with Gasteiger partial charge in [0.1, 0.15) is 0 Å². The van der Waals surface area contributed by atoms with Gasteiger partial charge in [0.05, 0.1) is 12.7 Å². The van der Waals surface area contributed by atoms with Crippen molar-refractivity contribution in [3.63, 3.8) is 0 Å². The second kappa shape index (κ2) is 5.52. The number of nitrogens with zero attached hydrogens (tertiary/aromatic N) is 1. The van der Waals surface area contributed by atoms with E-state index < -0.39 is 11.9 Å². The van der Waals surface area contributed by atoms with E-state index in [2.05, 4.69) is 0 Å². The van der Waals surface area contributed by atoms with Crippen LogP contribution in [0.25, 0.3) is 0 Å². The van der Waals surface area contributed by atoms with Crippen LogP contribution in [-0.4, -0.2) is 18.6 Å². The molecule has 0 aromatic rings. The van der Waals surface area contributed by atoms with Gasteiger partial charge in [0.2, 0.25) is 0 Å².